The molecule has 0 aliphatic heterocycles. The number of hydrogen-bond acceptors (Lipinski definition) is 3. The second-order valence-corrected chi connectivity index (χ2v) is 3.18. The number of H-pyrrole nitrogens is 1. The largest absolute Gasteiger partial charge is 0.345 e. The van der Waals surface area contributed by atoms with Crippen LogP contribution < -0.4 is 5.73 Å². The van der Waals surface area contributed by atoms with Gasteiger partial charge in [0.05, 0.1) is 22.7 Å². The van der Waals surface area contributed by atoms with Gasteiger partial charge in [-0.1, -0.05) is 6.07 Å². The summed E-state index contributed by atoms with van der Waals surface area (Å²) in [4.78, 5) is 7.11. The number of imidazole rings is 1. The molecular weight excluding hydrogens is 170 g/mol. The zero-order valence-electron chi connectivity index (χ0n) is 6.36. The molecule has 62 valence electrons. The van der Waals surface area contributed by atoms with Gasteiger partial charge in [0.15, 0.2) is 0 Å². The minimum atomic E-state index is -0.224. The third kappa shape index (κ3) is 1.19. The maximum atomic E-state index is 5.60. The van der Waals surface area contributed by atoms with Crippen LogP contribution in [-0.2, 0) is 0 Å². The van der Waals surface area contributed by atoms with Gasteiger partial charge in [-0.05, 0) is 17.7 Å². The first kappa shape index (κ1) is 7.64. The molecule has 1 aromatic heterocycles. The number of fused-ring (bicyclic) bond motifs is 1. The van der Waals surface area contributed by atoms with Crippen LogP contribution in [0.15, 0.2) is 24.5 Å². The van der Waals surface area contributed by atoms with Gasteiger partial charge in [0.2, 0.25) is 0 Å². The highest BCUT2D eigenvalue weighted by atomic mass is 32.1. The van der Waals surface area contributed by atoms with Crippen molar-refractivity contribution >= 4 is 23.7 Å². The fourth-order valence-corrected chi connectivity index (χ4v) is 1.30. The number of aromatic nitrogens is 2. The zero-order chi connectivity index (χ0) is 8.55. The lowest BCUT2D eigenvalue weighted by Gasteiger charge is -2.02. The highest BCUT2D eigenvalue weighted by molar-refractivity contribution is 7.80. The molecule has 0 saturated carbocycles. The van der Waals surface area contributed by atoms with E-state index in [1.807, 2.05) is 18.2 Å². The number of rotatable bonds is 1. The summed E-state index contributed by atoms with van der Waals surface area (Å²) in [5.41, 5.74) is 8.55. The molecule has 3 nitrogen and oxygen atoms in total. The molecule has 0 aliphatic rings. The summed E-state index contributed by atoms with van der Waals surface area (Å²) in [6, 6.07) is 5.82. The highest BCUT2D eigenvalue weighted by Gasteiger charge is 2.01. The van der Waals surface area contributed by atoms with Gasteiger partial charge in [0, 0.05) is 0 Å². The lowest BCUT2D eigenvalue weighted by Crippen LogP contribution is -2.01. The van der Waals surface area contributed by atoms with E-state index >= 15 is 0 Å². The lowest BCUT2D eigenvalue weighted by molar-refractivity contribution is 1.05. The number of aromatic amines is 1. The van der Waals surface area contributed by atoms with Crippen molar-refractivity contribution in [2.75, 3.05) is 0 Å². The Bertz CT molecular complexity index is 394. The Hall–Kier alpha value is -1.00. The first-order valence-electron chi connectivity index (χ1n) is 3.64. The maximum Gasteiger partial charge on any atom is 0.0931 e. The number of hydrogen-bond donors (Lipinski definition) is 3. The maximum absolute atomic E-state index is 5.60. The van der Waals surface area contributed by atoms with Gasteiger partial charge in [0.25, 0.3) is 0 Å². The van der Waals surface area contributed by atoms with Crippen LogP contribution in [0.1, 0.15) is 10.9 Å². The molecule has 0 fully saturated rings. The molecule has 0 saturated heterocycles. The quantitative estimate of drug-likeness (QED) is 0.458. The first-order valence-corrected chi connectivity index (χ1v) is 4.16. The molecule has 0 spiro atoms. The van der Waals surface area contributed by atoms with Crippen LogP contribution in [0.3, 0.4) is 0 Å². The van der Waals surface area contributed by atoms with Crippen molar-refractivity contribution in [1.29, 1.82) is 0 Å². The van der Waals surface area contributed by atoms with E-state index < -0.39 is 0 Å². The molecule has 0 bridgehead atoms. The van der Waals surface area contributed by atoms with Crippen molar-refractivity contribution < 1.29 is 0 Å². The van der Waals surface area contributed by atoms with Gasteiger partial charge in [-0.25, -0.2) is 4.98 Å². The molecule has 4 heteroatoms. The smallest absolute Gasteiger partial charge is 0.0931 e. The first-order chi connectivity index (χ1) is 5.77. The van der Waals surface area contributed by atoms with Gasteiger partial charge in [-0.15, -0.1) is 0 Å². The van der Waals surface area contributed by atoms with Crippen LogP contribution in [0, 0.1) is 0 Å². The predicted molar refractivity (Wildman–Crippen MR) is 52.0 cm³/mol. The van der Waals surface area contributed by atoms with E-state index in [9.17, 15) is 0 Å². The summed E-state index contributed by atoms with van der Waals surface area (Å²) in [7, 11) is 0. The Labute approximate surface area is 75.4 Å². The van der Waals surface area contributed by atoms with Crippen LogP contribution in [0.4, 0.5) is 0 Å². The molecular formula is C8H9N3S. The van der Waals surface area contributed by atoms with Crippen LogP contribution in [-0.4, -0.2) is 9.97 Å². The number of nitrogens with one attached hydrogen (secondary N) is 1. The van der Waals surface area contributed by atoms with Gasteiger partial charge in [-0.2, -0.15) is 12.6 Å². The molecule has 1 heterocycles. The number of thiol groups is 1. The lowest BCUT2D eigenvalue weighted by atomic mass is 10.2. The third-order valence-electron chi connectivity index (χ3n) is 1.79. The van der Waals surface area contributed by atoms with Crippen LogP contribution in [0.2, 0.25) is 0 Å². The Balaban J connectivity index is 2.60. The molecule has 0 amide bonds. The van der Waals surface area contributed by atoms with E-state index in [0.717, 1.165) is 16.6 Å². The Kier molecular flexibility index (Phi) is 1.78. The Morgan fingerprint density at radius 2 is 2.33 bits per heavy atom. The summed E-state index contributed by atoms with van der Waals surface area (Å²) in [6.45, 7) is 0. The SMILES string of the molecule is NC(S)c1ccc2nc[nH]c2c1. The molecule has 3 N–H and O–H groups in total. The van der Waals surface area contributed by atoms with Crippen molar-refractivity contribution in [3.63, 3.8) is 0 Å². The summed E-state index contributed by atoms with van der Waals surface area (Å²) in [5.74, 6) is 0. The molecule has 0 aliphatic carbocycles. The van der Waals surface area contributed by atoms with Crippen LogP contribution >= 0.6 is 12.6 Å². The van der Waals surface area contributed by atoms with Gasteiger partial charge >= 0.3 is 0 Å². The van der Waals surface area contributed by atoms with Crippen molar-refractivity contribution in [3.8, 4) is 0 Å². The zero-order valence-corrected chi connectivity index (χ0v) is 7.25. The average Bonchev–Trinajstić information content (AvgIpc) is 2.49. The van der Waals surface area contributed by atoms with Crippen molar-refractivity contribution in [2.45, 2.75) is 5.37 Å². The van der Waals surface area contributed by atoms with Crippen molar-refractivity contribution in [3.05, 3.63) is 30.1 Å². The number of benzene rings is 1. The third-order valence-corrected chi connectivity index (χ3v) is 2.08. The molecule has 1 atom stereocenters. The Morgan fingerprint density at radius 1 is 1.50 bits per heavy atom. The summed E-state index contributed by atoms with van der Waals surface area (Å²) >= 11 is 4.14. The van der Waals surface area contributed by atoms with E-state index in [2.05, 4.69) is 22.6 Å². The van der Waals surface area contributed by atoms with E-state index in [1.165, 1.54) is 0 Å². The van der Waals surface area contributed by atoms with E-state index in [1.54, 1.807) is 6.33 Å². The monoisotopic (exact) mass is 179 g/mol. The number of nitrogens with two attached hydrogens (primary N) is 1. The van der Waals surface area contributed by atoms with E-state index in [-0.39, 0.29) is 5.37 Å². The van der Waals surface area contributed by atoms with Gasteiger partial charge in [0.1, 0.15) is 0 Å². The highest BCUT2D eigenvalue weighted by Crippen LogP contribution is 2.18. The Morgan fingerprint density at radius 3 is 3.08 bits per heavy atom. The second-order valence-electron chi connectivity index (χ2n) is 2.62. The average molecular weight is 179 g/mol. The summed E-state index contributed by atoms with van der Waals surface area (Å²) in [6.07, 6.45) is 1.67. The van der Waals surface area contributed by atoms with Crippen molar-refractivity contribution in [2.24, 2.45) is 5.73 Å². The minimum Gasteiger partial charge on any atom is -0.345 e. The fourth-order valence-electron chi connectivity index (χ4n) is 1.14. The standard InChI is InChI=1S/C8H9N3S/c9-8(12)5-1-2-6-7(3-5)11-4-10-6/h1-4,8,12H,9H2,(H,10,11). The van der Waals surface area contributed by atoms with Gasteiger partial charge in [-0.3, -0.25) is 0 Å². The molecule has 0 radical (unpaired) electrons. The van der Waals surface area contributed by atoms with Crippen LogP contribution in [0.25, 0.3) is 11.0 Å². The van der Waals surface area contributed by atoms with Crippen LogP contribution in [0.5, 0.6) is 0 Å². The second kappa shape index (κ2) is 2.80. The predicted octanol–water partition coefficient (Wildman–Crippen LogP) is 1.45. The number of nitrogens with zero attached hydrogens (tertiary/aromatic N) is 1. The molecule has 2 aromatic rings. The minimum absolute atomic E-state index is 0.224. The fraction of sp³-hybridized carbons (Fsp3) is 0.125. The van der Waals surface area contributed by atoms with Crippen molar-refractivity contribution in [1.82, 2.24) is 9.97 Å². The normalized spacial score (nSPS) is 13.5. The van der Waals surface area contributed by atoms with Gasteiger partial charge < -0.3 is 10.7 Å². The molecule has 1 aromatic carbocycles. The summed E-state index contributed by atoms with van der Waals surface area (Å²) < 4.78 is 0. The van der Waals surface area contributed by atoms with E-state index in [4.69, 9.17) is 5.73 Å². The molecule has 12 heavy (non-hydrogen) atoms. The van der Waals surface area contributed by atoms with E-state index in [0.29, 0.717) is 0 Å². The summed E-state index contributed by atoms with van der Waals surface area (Å²) in [5, 5.41) is -0.224. The topological polar surface area (TPSA) is 54.7 Å². The molecule has 1 unspecified atom stereocenters. The molecule has 2 rings (SSSR count).